The first-order valence-corrected chi connectivity index (χ1v) is 6.11. The third-order valence-corrected chi connectivity index (χ3v) is 2.83. The van der Waals surface area contributed by atoms with Crippen LogP contribution < -0.4 is 5.48 Å². The minimum Gasteiger partial charge on any atom is -0.272 e. The van der Waals surface area contributed by atoms with Crippen molar-refractivity contribution < 1.29 is 4.84 Å². The van der Waals surface area contributed by atoms with E-state index in [1.54, 1.807) is 0 Å². The maximum atomic E-state index is 6.04. The van der Waals surface area contributed by atoms with Crippen LogP contribution in [0.1, 0.15) is 33.3 Å². The predicted molar refractivity (Wildman–Crippen MR) is 72.6 cm³/mol. The van der Waals surface area contributed by atoms with Crippen molar-refractivity contribution in [2.45, 2.75) is 34.3 Å². The van der Waals surface area contributed by atoms with Crippen molar-refractivity contribution in [3.63, 3.8) is 0 Å². The Hall–Kier alpha value is -0.990. The van der Waals surface area contributed by atoms with E-state index >= 15 is 0 Å². The van der Waals surface area contributed by atoms with Crippen molar-refractivity contribution >= 4 is 11.6 Å². The lowest BCUT2D eigenvalue weighted by molar-refractivity contribution is 0.0370. The molecule has 1 N–H and O–H groups in total. The fraction of sp³-hybridized carbons (Fsp3) is 0.429. The van der Waals surface area contributed by atoms with Crippen LogP contribution in [0, 0.1) is 5.41 Å². The maximum Gasteiger partial charge on any atom is 0.101 e. The van der Waals surface area contributed by atoms with Crippen molar-refractivity contribution in [2.24, 2.45) is 5.41 Å². The van der Waals surface area contributed by atoms with E-state index in [-0.39, 0.29) is 5.41 Å². The predicted octanol–water partition coefficient (Wildman–Crippen LogP) is 4.31. The first kappa shape index (κ1) is 14.1. The topological polar surface area (TPSA) is 21.3 Å². The van der Waals surface area contributed by atoms with Gasteiger partial charge in [-0.05, 0) is 18.6 Å². The maximum absolute atomic E-state index is 6.04. The summed E-state index contributed by atoms with van der Waals surface area (Å²) in [6.07, 6.45) is 2.02. The molecule has 0 saturated heterocycles. The zero-order valence-corrected chi connectivity index (χ0v) is 11.6. The van der Waals surface area contributed by atoms with Gasteiger partial charge in [-0.15, -0.1) is 0 Å². The van der Waals surface area contributed by atoms with E-state index in [2.05, 4.69) is 26.3 Å². The molecule has 94 valence electrons. The lowest BCUT2D eigenvalue weighted by Gasteiger charge is -2.23. The second-order valence-corrected chi connectivity index (χ2v) is 5.34. The zero-order valence-electron chi connectivity index (χ0n) is 10.9. The number of allylic oxidation sites excluding steroid dienone is 2. The molecule has 1 aromatic carbocycles. The number of rotatable bonds is 4. The van der Waals surface area contributed by atoms with Gasteiger partial charge in [-0.2, -0.15) is 0 Å². The van der Waals surface area contributed by atoms with E-state index in [4.69, 9.17) is 16.4 Å². The van der Waals surface area contributed by atoms with Crippen LogP contribution >= 0.6 is 11.6 Å². The molecule has 0 spiro atoms. The molecule has 0 fully saturated rings. The Bertz CT molecular complexity index is 393. The molecular weight excluding hydrogens is 234 g/mol. The van der Waals surface area contributed by atoms with Crippen LogP contribution in [0.15, 0.2) is 36.0 Å². The van der Waals surface area contributed by atoms with Gasteiger partial charge in [0.2, 0.25) is 0 Å². The fourth-order valence-electron chi connectivity index (χ4n) is 1.45. The second kappa shape index (κ2) is 6.08. The highest BCUT2D eigenvalue weighted by atomic mass is 35.5. The quantitative estimate of drug-likeness (QED) is 0.808. The van der Waals surface area contributed by atoms with Gasteiger partial charge in [0.1, 0.15) is 6.61 Å². The third kappa shape index (κ3) is 4.41. The summed E-state index contributed by atoms with van der Waals surface area (Å²) in [4.78, 5) is 5.48. The zero-order chi connectivity index (χ0) is 12.9. The van der Waals surface area contributed by atoms with Crippen LogP contribution in [0.3, 0.4) is 0 Å². The highest BCUT2D eigenvalue weighted by Crippen LogP contribution is 2.23. The third-order valence-electron chi connectivity index (χ3n) is 2.46. The van der Waals surface area contributed by atoms with Crippen LogP contribution in [0.4, 0.5) is 0 Å². The summed E-state index contributed by atoms with van der Waals surface area (Å²) in [7, 11) is 0. The summed E-state index contributed by atoms with van der Waals surface area (Å²) < 4.78 is 0. The van der Waals surface area contributed by atoms with E-state index in [9.17, 15) is 0 Å². The van der Waals surface area contributed by atoms with Gasteiger partial charge in [0, 0.05) is 16.1 Å². The Morgan fingerprint density at radius 1 is 1.35 bits per heavy atom. The molecule has 0 aliphatic rings. The Kier molecular flexibility index (Phi) is 5.03. The second-order valence-electron chi connectivity index (χ2n) is 4.93. The molecule has 0 bridgehead atoms. The van der Waals surface area contributed by atoms with Crippen molar-refractivity contribution in [1.82, 2.24) is 5.48 Å². The van der Waals surface area contributed by atoms with Gasteiger partial charge in [0.25, 0.3) is 0 Å². The summed E-state index contributed by atoms with van der Waals surface area (Å²) in [6, 6.07) is 7.67. The molecule has 0 aromatic heterocycles. The van der Waals surface area contributed by atoms with Crippen LogP contribution in [-0.2, 0) is 11.4 Å². The molecule has 0 saturated carbocycles. The molecule has 0 amide bonds. The molecule has 1 aromatic rings. The first-order chi connectivity index (χ1) is 7.95. The van der Waals surface area contributed by atoms with Gasteiger partial charge in [0.15, 0.2) is 0 Å². The normalized spacial score (nSPS) is 12.6. The van der Waals surface area contributed by atoms with Gasteiger partial charge >= 0.3 is 0 Å². The van der Waals surface area contributed by atoms with E-state index in [0.29, 0.717) is 6.61 Å². The summed E-state index contributed by atoms with van der Waals surface area (Å²) in [5, 5.41) is 0.729. The number of halogens is 1. The number of hydroxylamine groups is 1. The van der Waals surface area contributed by atoms with Crippen LogP contribution in [0.5, 0.6) is 0 Å². The first-order valence-electron chi connectivity index (χ1n) is 5.73. The summed E-state index contributed by atoms with van der Waals surface area (Å²) in [6.45, 7) is 8.84. The molecular formula is C14H20ClNO. The number of hydrogen-bond acceptors (Lipinski definition) is 2. The molecule has 0 atom stereocenters. The van der Waals surface area contributed by atoms with E-state index in [1.165, 1.54) is 0 Å². The van der Waals surface area contributed by atoms with Gasteiger partial charge in [-0.1, -0.05) is 56.6 Å². The van der Waals surface area contributed by atoms with Crippen molar-refractivity contribution in [1.29, 1.82) is 0 Å². The van der Waals surface area contributed by atoms with Crippen LogP contribution in [-0.4, -0.2) is 0 Å². The molecule has 2 nitrogen and oxygen atoms in total. The van der Waals surface area contributed by atoms with Crippen LogP contribution in [0.25, 0.3) is 0 Å². The summed E-state index contributed by atoms with van der Waals surface area (Å²) in [5.41, 5.74) is 5.08. The Morgan fingerprint density at radius 2 is 2.00 bits per heavy atom. The number of nitrogens with one attached hydrogen (secondary N) is 1. The van der Waals surface area contributed by atoms with E-state index in [1.807, 2.05) is 37.3 Å². The number of hydrogen-bond donors (Lipinski definition) is 1. The highest BCUT2D eigenvalue weighted by molar-refractivity contribution is 6.31. The summed E-state index contributed by atoms with van der Waals surface area (Å²) >= 11 is 6.04. The Balaban J connectivity index is 2.51. The van der Waals surface area contributed by atoms with E-state index in [0.717, 1.165) is 16.3 Å². The van der Waals surface area contributed by atoms with Crippen molar-refractivity contribution in [2.75, 3.05) is 0 Å². The van der Waals surface area contributed by atoms with Gasteiger partial charge < -0.3 is 0 Å². The van der Waals surface area contributed by atoms with Crippen molar-refractivity contribution in [3.05, 3.63) is 46.6 Å². The molecule has 1 rings (SSSR count). The minimum atomic E-state index is 0.0508. The standard InChI is InChI=1S/C14H20ClNO/c1-5-13(14(2,3)4)16-17-10-11-8-6-7-9-12(11)15/h5-9,16H,10H2,1-4H3/b13-5+. The molecule has 0 unspecified atom stereocenters. The lowest BCUT2D eigenvalue weighted by Crippen LogP contribution is -2.24. The molecule has 0 aliphatic carbocycles. The van der Waals surface area contributed by atoms with Gasteiger partial charge in [-0.25, -0.2) is 0 Å². The minimum absolute atomic E-state index is 0.0508. The largest absolute Gasteiger partial charge is 0.272 e. The van der Waals surface area contributed by atoms with Crippen LogP contribution in [0.2, 0.25) is 5.02 Å². The van der Waals surface area contributed by atoms with Gasteiger partial charge in [0.05, 0.1) is 0 Å². The van der Waals surface area contributed by atoms with E-state index < -0.39 is 0 Å². The molecule has 17 heavy (non-hydrogen) atoms. The van der Waals surface area contributed by atoms with Gasteiger partial charge in [-0.3, -0.25) is 10.3 Å². The highest BCUT2D eigenvalue weighted by Gasteiger charge is 2.16. The smallest absolute Gasteiger partial charge is 0.101 e. The Labute approximate surface area is 109 Å². The summed E-state index contributed by atoms with van der Waals surface area (Å²) in [5.74, 6) is 0. The molecule has 0 heterocycles. The molecule has 0 radical (unpaired) electrons. The molecule has 0 aliphatic heterocycles. The average Bonchev–Trinajstić information content (AvgIpc) is 2.25. The Morgan fingerprint density at radius 3 is 2.53 bits per heavy atom. The SMILES string of the molecule is C/C=C(/NOCc1ccccc1Cl)C(C)(C)C. The fourth-order valence-corrected chi connectivity index (χ4v) is 1.64. The lowest BCUT2D eigenvalue weighted by atomic mass is 9.92. The number of benzene rings is 1. The monoisotopic (exact) mass is 253 g/mol. The van der Waals surface area contributed by atoms with Crippen molar-refractivity contribution in [3.8, 4) is 0 Å². The average molecular weight is 254 g/mol. The molecule has 3 heteroatoms.